The van der Waals surface area contributed by atoms with Crippen molar-refractivity contribution < 1.29 is 19.0 Å². The Kier molecular flexibility index (Phi) is 5.28. The Morgan fingerprint density at radius 1 is 1.07 bits per heavy atom. The van der Waals surface area contributed by atoms with Gasteiger partial charge in [-0.15, -0.1) is 0 Å². The van der Waals surface area contributed by atoms with Crippen LogP contribution in [-0.2, 0) is 4.74 Å². The van der Waals surface area contributed by atoms with E-state index in [0.29, 0.717) is 17.2 Å². The normalized spacial score (nSPS) is 20.9. The number of aliphatic imine (C=N–C) groups is 1. The van der Waals surface area contributed by atoms with Gasteiger partial charge < -0.3 is 19.1 Å². The van der Waals surface area contributed by atoms with Crippen LogP contribution in [0.25, 0.3) is 0 Å². The van der Waals surface area contributed by atoms with Gasteiger partial charge in [0, 0.05) is 23.6 Å². The molecule has 0 saturated carbocycles. The van der Waals surface area contributed by atoms with E-state index >= 15 is 0 Å². The monoisotopic (exact) mass is 394 g/mol. The fourth-order valence-corrected chi connectivity index (χ4v) is 4.32. The number of benzene rings is 2. The maximum absolute atomic E-state index is 11.8. The van der Waals surface area contributed by atoms with Gasteiger partial charge in [-0.3, -0.25) is 4.99 Å². The van der Waals surface area contributed by atoms with Crippen LogP contribution in [0.4, 0.5) is 0 Å². The molecule has 0 amide bonds. The number of fused-ring (bicyclic) bond motifs is 3. The Bertz CT molecular complexity index is 952. The Morgan fingerprint density at radius 2 is 1.76 bits per heavy atom. The van der Waals surface area contributed by atoms with Gasteiger partial charge >= 0.3 is 5.97 Å². The van der Waals surface area contributed by atoms with Crippen LogP contribution in [0.2, 0.25) is 0 Å². The Hall–Kier alpha value is -2.86. The summed E-state index contributed by atoms with van der Waals surface area (Å²) in [5.74, 6) is 1.40. The molecule has 0 aliphatic carbocycles. The highest BCUT2D eigenvalue weighted by Gasteiger charge is 2.36. The topological polar surface area (TPSA) is 60.4 Å². The number of hydrogen-bond acceptors (Lipinski definition) is 6. The van der Waals surface area contributed by atoms with Crippen molar-refractivity contribution in [3.05, 3.63) is 58.7 Å². The molecule has 152 valence electrons. The lowest BCUT2D eigenvalue weighted by Crippen LogP contribution is -2.41. The molecule has 0 aromatic heterocycles. The smallest absolute Gasteiger partial charge is 0.337 e. The summed E-state index contributed by atoms with van der Waals surface area (Å²) < 4.78 is 15.9. The molecule has 6 heteroatoms. The quantitative estimate of drug-likeness (QED) is 0.746. The average molecular weight is 394 g/mol. The number of carbonyl (C=O) groups is 1. The molecular weight excluding hydrogens is 368 g/mol. The summed E-state index contributed by atoms with van der Waals surface area (Å²) in [4.78, 5) is 19.3. The first kappa shape index (κ1) is 19.5. The molecule has 0 spiro atoms. The first-order chi connectivity index (χ1) is 14.0. The lowest BCUT2D eigenvalue weighted by molar-refractivity contribution is 0.0600. The van der Waals surface area contributed by atoms with Gasteiger partial charge in [0.05, 0.1) is 38.6 Å². The van der Waals surface area contributed by atoms with Crippen molar-refractivity contribution in [2.45, 2.75) is 18.4 Å². The predicted molar refractivity (Wildman–Crippen MR) is 112 cm³/mol. The fraction of sp³-hybridized carbons (Fsp3) is 0.391. The number of rotatable bonds is 4. The van der Waals surface area contributed by atoms with Gasteiger partial charge in [-0.05, 0) is 49.8 Å². The minimum Gasteiger partial charge on any atom is -0.493 e. The van der Waals surface area contributed by atoms with Crippen molar-refractivity contribution in [2.24, 2.45) is 4.99 Å². The van der Waals surface area contributed by atoms with E-state index in [4.69, 9.17) is 19.2 Å². The van der Waals surface area contributed by atoms with Crippen LogP contribution < -0.4 is 9.47 Å². The molecular formula is C23H26N2O4. The first-order valence-electron chi connectivity index (χ1n) is 9.77. The number of methoxy groups -OCH3 is 3. The molecule has 0 unspecified atom stereocenters. The molecule has 2 atom stereocenters. The third kappa shape index (κ3) is 3.49. The van der Waals surface area contributed by atoms with Crippen LogP contribution in [-0.4, -0.2) is 64.1 Å². The SMILES string of the molecule is COC(=O)c1ccc(C2=N[C@H]3CCN(C)C[C@H]3c3cc(OC)c(OC)cc32)cc1. The summed E-state index contributed by atoms with van der Waals surface area (Å²) in [6, 6.07) is 11.8. The second-order valence-corrected chi connectivity index (χ2v) is 7.57. The van der Waals surface area contributed by atoms with Crippen molar-refractivity contribution >= 4 is 11.7 Å². The Balaban J connectivity index is 1.83. The lowest BCUT2D eigenvalue weighted by atomic mass is 9.79. The number of nitrogens with zero attached hydrogens (tertiary/aromatic N) is 2. The predicted octanol–water partition coefficient (Wildman–Crippen LogP) is 3.13. The summed E-state index contributed by atoms with van der Waals surface area (Å²) in [6.07, 6.45) is 1.01. The largest absolute Gasteiger partial charge is 0.493 e. The molecule has 2 aliphatic rings. The van der Waals surface area contributed by atoms with Gasteiger partial charge in [-0.1, -0.05) is 12.1 Å². The molecule has 2 aliphatic heterocycles. The van der Waals surface area contributed by atoms with Gasteiger partial charge in [-0.25, -0.2) is 4.79 Å². The van der Waals surface area contributed by atoms with E-state index in [1.54, 1.807) is 26.4 Å². The number of likely N-dealkylation sites (N-methyl/N-ethyl adjacent to an activating group) is 1. The molecule has 1 saturated heterocycles. The minimum atomic E-state index is -0.343. The number of esters is 1. The van der Waals surface area contributed by atoms with Crippen molar-refractivity contribution in [1.82, 2.24) is 4.90 Å². The van der Waals surface area contributed by atoms with E-state index in [2.05, 4.69) is 18.0 Å². The second kappa shape index (κ2) is 7.87. The number of ether oxygens (including phenoxy) is 3. The summed E-state index contributed by atoms with van der Waals surface area (Å²) in [6.45, 7) is 1.99. The zero-order valence-corrected chi connectivity index (χ0v) is 17.3. The zero-order valence-electron chi connectivity index (χ0n) is 17.3. The molecule has 2 heterocycles. The van der Waals surface area contributed by atoms with E-state index < -0.39 is 0 Å². The van der Waals surface area contributed by atoms with Crippen LogP contribution in [0.5, 0.6) is 11.5 Å². The van der Waals surface area contributed by atoms with Gasteiger partial charge in [0.25, 0.3) is 0 Å². The van der Waals surface area contributed by atoms with Crippen molar-refractivity contribution in [1.29, 1.82) is 0 Å². The summed E-state index contributed by atoms with van der Waals surface area (Å²) in [5, 5.41) is 0. The molecule has 0 bridgehead atoms. The maximum Gasteiger partial charge on any atom is 0.337 e. The van der Waals surface area contributed by atoms with Crippen molar-refractivity contribution in [2.75, 3.05) is 41.5 Å². The summed E-state index contributed by atoms with van der Waals surface area (Å²) >= 11 is 0. The van der Waals surface area contributed by atoms with Crippen molar-refractivity contribution in [3.8, 4) is 11.5 Å². The third-order valence-electron chi connectivity index (χ3n) is 5.86. The van der Waals surface area contributed by atoms with E-state index in [1.807, 2.05) is 18.2 Å². The fourth-order valence-electron chi connectivity index (χ4n) is 4.32. The Morgan fingerprint density at radius 3 is 2.41 bits per heavy atom. The molecule has 4 rings (SSSR count). The lowest BCUT2D eigenvalue weighted by Gasteiger charge is -2.39. The molecule has 2 aromatic carbocycles. The Labute approximate surface area is 171 Å². The highest BCUT2D eigenvalue weighted by molar-refractivity contribution is 6.15. The highest BCUT2D eigenvalue weighted by atomic mass is 16.5. The molecule has 6 nitrogen and oxygen atoms in total. The minimum absolute atomic E-state index is 0.229. The van der Waals surface area contributed by atoms with E-state index in [9.17, 15) is 4.79 Å². The molecule has 0 N–H and O–H groups in total. The molecule has 1 fully saturated rings. The molecule has 2 aromatic rings. The van der Waals surface area contributed by atoms with Crippen LogP contribution >= 0.6 is 0 Å². The van der Waals surface area contributed by atoms with Crippen LogP contribution in [0, 0.1) is 0 Å². The summed E-state index contributed by atoms with van der Waals surface area (Å²) in [7, 11) is 6.85. The maximum atomic E-state index is 11.8. The van der Waals surface area contributed by atoms with Gasteiger partial charge in [0.15, 0.2) is 11.5 Å². The van der Waals surface area contributed by atoms with Gasteiger partial charge in [0.2, 0.25) is 0 Å². The van der Waals surface area contributed by atoms with Gasteiger partial charge in [-0.2, -0.15) is 0 Å². The van der Waals surface area contributed by atoms with E-state index in [1.165, 1.54) is 12.7 Å². The zero-order chi connectivity index (χ0) is 20.5. The number of hydrogen-bond donors (Lipinski definition) is 0. The van der Waals surface area contributed by atoms with E-state index in [0.717, 1.165) is 42.1 Å². The number of piperidine rings is 1. The average Bonchev–Trinajstić information content (AvgIpc) is 2.77. The number of carbonyl (C=O) groups excluding carboxylic acids is 1. The van der Waals surface area contributed by atoms with Crippen LogP contribution in [0.3, 0.4) is 0 Å². The standard InChI is InChI=1S/C23H26N2O4/c1-25-10-9-19-18(13-25)16-11-20(27-2)21(28-3)12-17(16)22(24-19)14-5-7-15(8-6-14)23(26)29-4/h5-8,11-12,18-19H,9-10,13H2,1-4H3/t18-,19-/m0/s1. The highest BCUT2D eigenvalue weighted by Crippen LogP contribution is 2.42. The third-order valence-corrected chi connectivity index (χ3v) is 5.86. The van der Waals surface area contributed by atoms with E-state index in [-0.39, 0.29) is 12.0 Å². The van der Waals surface area contributed by atoms with Gasteiger partial charge in [0.1, 0.15) is 0 Å². The molecule has 0 radical (unpaired) electrons. The van der Waals surface area contributed by atoms with Crippen LogP contribution in [0.15, 0.2) is 41.4 Å². The first-order valence-corrected chi connectivity index (χ1v) is 9.77. The van der Waals surface area contributed by atoms with Crippen LogP contribution in [0.1, 0.15) is 39.4 Å². The number of likely N-dealkylation sites (tertiary alicyclic amines) is 1. The second-order valence-electron chi connectivity index (χ2n) is 7.57. The molecule has 29 heavy (non-hydrogen) atoms. The van der Waals surface area contributed by atoms with Crippen molar-refractivity contribution in [3.63, 3.8) is 0 Å². The summed E-state index contributed by atoms with van der Waals surface area (Å²) in [5.41, 5.74) is 4.73.